The Morgan fingerprint density at radius 3 is 2.86 bits per heavy atom. The molecule has 1 aromatic carbocycles. The van der Waals surface area contributed by atoms with Gasteiger partial charge in [-0.15, -0.1) is 11.8 Å². The van der Waals surface area contributed by atoms with E-state index in [1.54, 1.807) is 28.5 Å². The van der Waals surface area contributed by atoms with E-state index in [0.717, 1.165) is 54.3 Å². The smallest absolute Gasteiger partial charge is 0.272 e. The molecule has 0 radical (unpaired) electrons. The lowest BCUT2D eigenvalue weighted by Gasteiger charge is -2.35. The highest BCUT2D eigenvalue weighted by atomic mass is 35.5. The fraction of sp³-hybridized carbons (Fsp3) is 0.476. The van der Waals surface area contributed by atoms with Gasteiger partial charge in [0.25, 0.3) is 5.56 Å². The molecule has 0 aliphatic carbocycles. The number of fused-ring (bicyclic) bond motifs is 1. The van der Waals surface area contributed by atoms with Crippen molar-refractivity contribution in [3.63, 3.8) is 0 Å². The third kappa shape index (κ3) is 4.37. The monoisotopic (exact) mass is 449 g/mol. The number of likely N-dealkylation sites (tertiary alicyclic amines) is 1. The fourth-order valence-electron chi connectivity index (χ4n) is 3.97. The van der Waals surface area contributed by atoms with E-state index < -0.39 is 0 Å². The number of carbonyl (C=O) groups excluding carboxylic acids is 1. The Bertz CT molecular complexity index is 962. The molecule has 29 heavy (non-hydrogen) atoms. The average molecular weight is 450 g/mol. The normalized spacial score (nSPS) is 18.7. The molecule has 154 valence electrons. The molecular formula is C21H24ClN3O2S2. The second kappa shape index (κ2) is 9.14. The van der Waals surface area contributed by atoms with E-state index in [4.69, 9.17) is 16.6 Å². The van der Waals surface area contributed by atoms with Crippen LogP contribution >= 0.6 is 35.1 Å². The highest BCUT2D eigenvalue weighted by molar-refractivity contribution is 8.00. The van der Waals surface area contributed by atoms with Crippen molar-refractivity contribution in [3.05, 3.63) is 45.3 Å². The first kappa shape index (κ1) is 20.8. The van der Waals surface area contributed by atoms with E-state index >= 15 is 0 Å². The van der Waals surface area contributed by atoms with Crippen LogP contribution in [0.25, 0.3) is 5.69 Å². The minimum Gasteiger partial charge on any atom is -0.339 e. The average Bonchev–Trinajstić information content (AvgIpc) is 3.22. The molecule has 0 saturated carbocycles. The summed E-state index contributed by atoms with van der Waals surface area (Å²) in [6.07, 6.45) is 5.12. The molecule has 1 saturated heterocycles. The van der Waals surface area contributed by atoms with Crippen LogP contribution in [0.1, 0.15) is 38.3 Å². The van der Waals surface area contributed by atoms with Crippen LogP contribution in [0.4, 0.5) is 0 Å². The maximum absolute atomic E-state index is 13.2. The summed E-state index contributed by atoms with van der Waals surface area (Å²) in [5, 5.41) is 1.20. The molecular weight excluding hydrogens is 426 g/mol. The molecule has 1 amide bonds. The minimum atomic E-state index is -0.0563. The molecule has 1 atom stereocenters. The summed E-state index contributed by atoms with van der Waals surface area (Å²) in [6.45, 7) is 2.97. The predicted octanol–water partition coefficient (Wildman–Crippen LogP) is 4.42. The van der Waals surface area contributed by atoms with Crippen molar-refractivity contribution in [1.29, 1.82) is 0 Å². The molecule has 1 fully saturated rings. The van der Waals surface area contributed by atoms with E-state index in [0.29, 0.717) is 22.0 Å². The van der Waals surface area contributed by atoms with Crippen molar-refractivity contribution in [2.75, 3.05) is 18.1 Å². The minimum absolute atomic E-state index is 0.0563. The zero-order valence-corrected chi connectivity index (χ0v) is 18.8. The molecule has 2 aromatic rings. The van der Waals surface area contributed by atoms with E-state index in [9.17, 15) is 9.59 Å². The van der Waals surface area contributed by atoms with E-state index in [1.165, 1.54) is 18.2 Å². The van der Waals surface area contributed by atoms with Gasteiger partial charge in [0.05, 0.1) is 22.0 Å². The van der Waals surface area contributed by atoms with Gasteiger partial charge >= 0.3 is 0 Å². The standard InChI is InChI=1S/C21H24ClN3O2S2/c1-2-15-5-3-4-11-24(15)18(26)13-29-21-23-17-10-12-28-19(17)20(27)25(21)16-8-6-14(22)7-9-16/h6-9,15H,2-5,10-13H2,1H3. The van der Waals surface area contributed by atoms with Crippen molar-refractivity contribution < 1.29 is 4.79 Å². The van der Waals surface area contributed by atoms with E-state index in [-0.39, 0.29) is 11.5 Å². The van der Waals surface area contributed by atoms with Crippen molar-refractivity contribution in [3.8, 4) is 5.69 Å². The van der Waals surface area contributed by atoms with Crippen LogP contribution in [-0.4, -0.2) is 44.5 Å². The first-order chi connectivity index (χ1) is 14.1. The van der Waals surface area contributed by atoms with Gasteiger partial charge in [0.2, 0.25) is 5.91 Å². The fourth-order valence-corrected chi connectivity index (χ4v) is 6.03. The molecule has 1 unspecified atom stereocenters. The van der Waals surface area contributed by atoms with Crippen LogP contribution in [0.5, 0.6) is 0 Å². The van der Waals surface area contributed by atoms with E-state index in [2.05, 4.69) is 6.92 Å². The quantitative estimate of drug-likeness (QED) is 0.499. The lowest BCUT2D eigenvalue weighted by atomic mass is 10.0. The number of aromatic nitrogens is 2. The summed E-state index contributed by atoms with van der Waals surface area (Å²) in [5.41, 5.74) is 1.52. The van der Waals surface area contributed by atoms with Gasteiger partial charge in [0.15, 0.2) is 5.16 Å². The number of carbonyl (C=O) groups is 1. The number of amides is 1. The molecule has 5 nitrogen and oxygen atoms in total. The van der Waals surface area contributed by atoms with Gasteiger partial charge < -0.3 is 4.90 Å². The Labute approximate surface area is 184 Å². The maximum atomic E-state index is 13.2. The van der Waals surface area contributed by atoms with Crippen molar-refractivity contribution in [2.24, 2.45) is 0 Å². The van der Waals surface area contributed by atoms with Crippen LogP contribution in [0.2, 0.25) is 5.02 Å². The lowest BCUT2D eigenvalue weighted by molar-refractivity contribution is -0.132. The number of aryl methyl sites for hydroxylation is 1. The zero-order valence-electron chi connectivity index (χ0n) is 16.4. The number of halogens is 1. The summed E-state index contributed by atoms with van der Waals surface area (Å²) in [7, 11) is 0. The summed E-state index contributed by atoms with van der Waals surface area (Å²) in [6, 6.07) is 7.51. The van der Waals surface area contributed by atoms with Crippen molar-refractivity contribution in [2.45, 2.75) is 55.1 Å². The summed E-state index contributed by atoms with van der Waals surface area (Å²) in [4.78, 5) is 33.6. The molecule has 2 aliphatic heterocycles. The lowest BCUT2D eigenvalue weighted by Crippen LogP contribution is -2.44. The topological polar surface area (TPSA) is 55.2 Å². The zero-order chi connectivity index (χ0) is 20.4. The first-order valence-corrected chi connectivity index (χ1v) is 12.4. The van der Waals surface area contributed by atoms with Gasteiger partial charge in [-0.25, -0.2) is 4.98 Å². The molecule has 1 aromatic heterocycles. The van der Waals surface area contributed by atoms with Crippen LogP contribution < -0.4 is 5.56 Å². The molecule has 8 heteroatoms. The van der Waals surface area contributed by atoms with Crippen molar-refractivity contribution >= 4 is 41.0 Å². The predicted molar refractivity (Wildman–Crippen MR) is 120 cm³/mol. The van der Waals surface area contributed by atoms with Crippen LogP contribution in [0.15, 0.2) is 39.1 Å². The van der Waals surface area contributed by atoms with Crippen LogP contribution in [0, 0.1) is 0 Å². The Hall–Kier alpha value is -1.44. The second-order valence-corrected chi connectivity index (χ2v) is 9.80. The summed E-state index contributed by atoms with van der Waals surface area (Å²) >= 11 is 8.94. The molecule has 0 spiro atoms. The molecule has 0 N–H and O–H groups in total. The number of hydrogen-bond donors (Lipinski definition) is 0. The van der Waals surface area contributed by atoms with Crippen LogP contribution in [-0.2, 0) is 11.2 Å². The van der Waals surface area contributed by atoms with E-state index in [1.807, 2.05) is 17.0 Å². The van der Waals surface area contributed by atoms with Crippen molar-refractivity contribution in [1.82, 2.24) is 14.5 Å². The second-order valence-electron chi connectivity index (χ2n) is 7.32. The highest BCUT2D eigenvalue weighted by Gasteiger charge is 2.27. The van der Waals surface area contributed by atoms with Gasteiger partial charge in [0, 0.05) is 29.8 Å². The van der Waals surface area contributed by atoms with Gasteiger partial charge in [-0.3, -0.25) is 14.2 Å². The SMILES string of the molecule is CCC1CCCCN1C(=O)CSc1nc2c(c(=O)n1-c1ccc(Cl)cc1)SCC2. The Kier molecular flexibility index (Phi) is 6.56. The third-order valence-corrected chi connectivity index (χ3v) is 7.78. The highest BCUT2D eigenvalue weighted by Crippen LogP contribution is 2.30. The first-order valence-electron chi connectivity index (χ1n) is 10.1. The van der Waals surface area contributed by atoms with Gasteiger partial charge in [0.1, 0.15) is 0 Å². The molecule has 4 rings (SSSR count). The molecule has 0 bridgehead atoms. The molecule has 2 aliphatic rings. The Morgan fingerprint density at radius 1 is 1.31 bits per heavy atom. The van der Waals surface area contributed by atoms with Gasteiger partial charge in [-0.05, 0) is 49.9 Å². The number of benzene rings is 1. The van der Waals surface area contributed by atoms with Crippen LogP contribution in [0.3, 0.4) is 0 Å². The Balaban J connectivity index is 1.63. The van der Waals surface area contributed by atoms with Gasteiger partial charge in [-0.2, -0.15) is 0 Å². The number of piperidine rings is 1. The summed E-state index contributed by atoms with van der Waals surface area (Å²) < 4.78 is 1.62. The number of hydrogen-bond acceptors (Lipinski definition) is 5. The third-order valence-electron chi connectivity index (χ3n) is 5.49. The summed E-state index contributed by atoms with van der Waals surface area (Å²) in [5.74, 6) is 1.30. The Morgan fingerprint density at radius 2 is 2.10 bits per heavy atom. The molecule has 3 heterocycles. The van der Waals surface area contributed by atoms with Gasteiger partial charge in [-0.1, -0.05) is 30.3 Å². The maximum Gasteiger partial charge on any atom is 0.272 e. The number of rotatable bonds is 5. The number of nitrogens with zero attached hydrogens (tertiary/aromatic N) is 3. The number of thioether (sulfide) groups is 2. The largest absolute Gasteiger partial charge is 0.339 e.